The van der Waals surface area contributed by atoms with Gasteiger partial charge in [-0.2, -0.15) is 0 Å². The fourth-order valence-corrected chi connectivity index (χ4v) is 3.72. The molecule has 1 fully saturated rings. The number of hydrogen-bond acceptors (Lipinski definition) is 3. The first-order chi connectivity index (χ1) is 12.9. The van der Waals surface area contributed by atoms with E-state index in [9.17, 15) is 4.79 Å². The summed E-state index contributed by atoms with van der Waals surface area (Å²) in [5, 5.41) is 6.84. The molecule has 7 heteroatoms. The largest absolute Gasteiger partial charge is 0.377 e. The number of aliphatic imine (C=N–C) groups is 1. The second-order valence-corrected chi connectivity index (χ2v) is 8.38. The number of halogens is 1. The molecule has 0 aliphatic carbocycles. The van der Waals surface area contributed by atoms with Crippen LogP contribution in [-0.2, 0) is 11.3 Å². The van der Waals surface area contributed by atoms with E-state index in [1.54, 1.807) is 23.7 Å². The maximum atomic E-state index is 11.7. The monoisotopic (exact) mass is 504 g/mol. The minimum Gasteiger partial charge on any atom is -0.377 e. The Morgan fingerprint density at radius 1 is 1.29 bits per heavy atom. The molecule has 160 valence electrons. The quantitative estimate of drug-likeness (QED) is 0.259. The van der Waals surface area contributed by atoms with Crippen molar-refractivity contribution < 1.29 is 4.74 Å². The second kappa shape index (κ2) is 12.5. The molecule has 1 aromatic heterocycles. The van der Waals surface area contributed by atoms with Gasteiger partial charge in [0.05, 0.1) is 6.10 Å². The van der Waals surface area contributed by atoms with Gasteiger partial charge in [-0.3, -0.25) is 9.79 Å². The predicted molar refractivity (Wildman–Crippen MR) is 127 cm³/mol. The maximum absolute atomic E-state index is 11.7. The number of ether oxygens (including phenoxy) is 1. The molecule has 28 heavy (non-hydrogen) atoms. The van der Waals surface area contributed by atoms with Crippen molar-refractivity contribution in [3.05, 3.63) is 34.7 Å². The third-order valence-electron chi connectivity index (χ3n) is 5.07. The van der Waals surface area contributed by atoms with Crippen molar-refractivity contribution >= 4 is 29.9 Å². The molecular weight excluding hydrogens is 467 g/mol. The molecule has 1 saturated heterocycles. The Morgan fingerprint density at radius 3 is 2.75 bits per heavy atom. The van der Waals surface area contributed by atoms with Crippen molar-refractivity contribution in [2.75, 3.05) is 26.7 Å². The molecule has 2 heterocycles. The number of aromatic nitrogens is 1. The van der Waals surface area contributed by atoms with Crippen molar-refractivity contribution in [3.8, 4) is 0 Å². The van der Waals surface area contributed by atoms with Gasteiger partial charge in [-0.15, -0.1) is 24.0 Å². The van der Waals surface area contributed by atoms with Crippen molar-refractivity contribution in [3.63, 3.8) is 0 Å². The van der Waals surface area contributed by atoms with Gasteiger partial charge in [0, 0.05) is 51.5 Å². The van der Waals surface area contributed by atoms with E-state index in [0.29, 0.717) is 5.92 Å². The summed E-state index contributed by atoms with van der Waals surface area (Å²) in [6, 6.07) is 5.27. The Hall–Kier alpha value is -1.09. The Labute approximate surface area is 186 Å². The number of unbranched alkanes of at least 4 members (excludes halogenated alkanes) is 1. The van der Waals surface area contributed by atoms with E-state index in [-0.39, 0.29) is 41.1 Å². The molecule has 0 aromatic carbocycles. The zero-order valence-corrected chi connectivity index (χ0v) is 20.1. The van der Waals surface area contributed by atoms with Crippen molar-refractivity contribution in [1.82, 2.24) is 15.2 Å². The highest BCUT2D eigenvalue weighted by atomic mass is 127. The molecule has 0 bridgehead atoms. The van der Waals surface area contributed by atoms with Crippen LogP contribution >= 0.6 is 24.0 Å². The van der Waals surface area contributed by atoms with E-state index in [0.717, 1.165) is 51.5 Å². The summed E-state index contributed by atoms with van der Waals surface area (Å²) in [5.74, 6) is 1.34. The summed E-state index contributed by atoms with van der Waals surface area (Å²) < 4.78 is 7.81. The molecule has 0 radical (unpaired) electrons. The van der Waals surface area contributed by atoms with E-state index < -0.39 is 0 Å². The number of aryl methyl sites for hydroxylation is 1. The lowest BCUT2D eigenvalue weighted by Crippen LogP contribution is -2.47. The van der Waals surface area contributed by atoms with Crippen molar-refractivity contribution in [2.45, 2.75) is 59.1 Å². The zero-order chi connectivity index (χ0) is 19.7. The van der Waals surface area contributed by atoms with Gasteiger partial charge in [0.1, 0.15) is 0 Å². The summed E-state index contributed by atoms with van der Waals surface area (Å²) >= 11 is 0. The highest BCUT2D eigenvalue weighted by molar-refractivity contribution is 14.0. The lowest BCUT2D eigenvalue weighted by atomic mass is 9.78. The number of pyridine rings is 1. The highest BCUT2D eigenvalue weighted by Gasteiger charge is 2.35. The van der Waals surface area contributed by atoms with Crippen LogP contribution in [0.15, 0.2) is 34.2 Å². The molecule has 2 unspecified atom stereocenters. The van der Waals surface area contributed by atoms with Crippen LogP contribution in [0, 0.1) is 11.3 Å². The van der Waals surface area contributed by atoms with E-state index in [1.807, 2.05) is 12.3 Å². The molecular formula is C21H37IN4O2. The van der Waals surface area contributed by atoms with Crippen LogP contribution in [0.4, 0.5) is 0 Å². The van der Waals surface area contributed by atoms with Gasteiger partial charge in [-0.1, -0.05) is 26.8 Å². The molecule has 1 aliphatic heterocycles. The van der Waals surface area contributed by atoms with Crippen molar-refractivity contribution in [2.24, 2.45) is 16.3 Å². The van der Waals surface area contributed by atoms with Gasteiger partial charge in [-0.05, 0) is 37.2 Å². The average Bonchev–Trinajstić information content (AvgIpc) is 2.65. The smallest absolute Gasteiger partial charge is 0.250 e. The Kier molecular flexibility index (Phi) is 11.1. The molecule has 2 N–H and O–H groups in total. The third kappa shape index (κ3) is 8.11. The van der Waals surface area contributed by atoms with Gasteiger partial charge in [0.2, 0.25) is 5.56 Å². The Balaban J connectivity index is 0.00000392. The number of hydrogen-bond donors (Lipinski definition) is 2. The summed E-state index contributed by atoms with van der Waals surface area (Å²) in [5.41, 5.74) is 0.213. The lowest BCUT2D eigenvalue weighted by Gasteiger charge is -2.40. The molecule has 0 saturated carbocycles. The molecule has 1 aliphatic rings. The van der Waals surface area contributed by atoms with Crippen LogP contribution < -0.4 is 16.2 Å². The maximum Gasteiger partial charge on any atom is 0.250 e. The van der Waals surface area contributed by atoms with E-state index in [1.165, 1.54) is 6.42 Å². The van der Waals surface area contributed by atoms with Crippen LogP contribution in [0.5, 0.6) is 0 Å². The second-order valence-electron chi connectivity index (χ2n) is 8.38. The average molecular weight is 504 g/mol. The minimum absolute atomic E-state index is 0. The standard InChI is InChI=1S/C21H36N4O2.HI/c1-21(2,3)19-17(10-9-15-27-19)16-24-20(22-4)23-12-6-8-14-25-13-7-5-11-18(25)26;/h5,7,11,13,17,19H,6,8-10,12,14-16H2,1-4H3,(H2,22,23,24);1H. The Bertz CT molecular complexity index is 654. The first-order valence-corrected chi connectivity index (χ1v) is 10.1. The third-order valence-corrected chi connectivity index (χ3v) is 5.07. The van der Waals surface area contributed by atoms with E-state index in [4.69, 9.17) is 4.74 Å². The predicted octanol–water partition coefficient (Wildman–Crippen LogP) is 3.25. The molecule has 2 rings (SSSR count). The number of nitrogens with zero attached hydrogens (tertiary/aromatic N) is 2. The summed E-state index contributed by atoms with van der Waals surface area (Å²) in [7, 11) is 1.80. The first kappa shape index (κ1) is 24.9. The number of rotatable bonds is 7. The van der Waals surface area contributed by atoms with Gasteiger partial charge < -0.3 is 19.9 Å². The van der Waals surface area contributed by atoms with E-state index in [2.05, 4.69) is 36.4 Å². The molecule has 0 spiro atoms. The number of guanidine groups is 1. The molecule has 1 aromatic rings. The van der Waals surface area contributed by atoms with Gasteiger partial charge in [0.15, 0.2) is 5.96 Å². The SMILES string of the molecule is CN=C(NCCCCn1ccccc1=O)NCC1CCCOC1C(C)(C)C.I. The number of nitrogens with one attached hydrogen (secondary N) is 2. The van der Waals surface area contributed by atoms with Crippen LogP contribution in [0.1, 0.15) is 46.5 Å². The van der Waals surface area contributed by atoms with Gasteiger partial charge in [0.25, 0.3) is 0 Å². The Morgan fingerprint density at radius 2 is 2.07 bits per heavy atom. The summed E-state index contributed by atoms with van der Waals surface area (Å²) in [4.78, 5) is 16.0. The van der Waals surface area contributed by atoms with E-state index >= 15 is 0 Å². The van der Waals surface area contributed by atoms with Crippen LogP contribution in [0.3, 0.4) is 0 Å². The fourth-order valence-electron chi connectivity index (χ4n) is 3.72. The lowest BCUT2D eigenvalue weighted by molar-refractivity contribution is -0.0835. The molecule has 2 atom stereocenters. The molecule has 6 nitrogen and oxygen atoms in total. The summed E-state index contributed by atoms with van der Waals surface area (Å²) in [6.07, 6.45) is 6.38. The normalized spacial score (nSPS) is 20.4. The highest BCUT2D eigenvalue weighted by Crippen LogP contribution is 2.33. The molecule has 0 amide bonds. The van der Waals surface area contributed by atoms with Crippen molar-refractivity contribution in [1.29, 1.82) is 0 Å². The van der Waals surface area contributed by atoms with Crippen LogP contribution in [0.25, 0.3) is 0 Å². The van der Waals surface area contributed by atoms with Gasteiger partial charge >= 0.3 is 0 Å². The topological polar surface area (TPSA) is 67.7 Å². The zero-order valence-electron chi connectivity index (χ0n) is 17.7. The van der Waals surface area contributed by atoms with Crippen LogP contribution in [0.2, 0.25) is 0 Å². The first-order valence-electron chi connectivity index (χ1n) is 10.1. The minimum atomic E-state index is 0. The van der Waals surface area contributed by atoms with Crippen LogP contribution in [-0.4, -0.2) is 43.4 Å². The summed E-state index contributed by atoms with van der Waals surface area (Å²) in [6.45, 7) is 10.1. The fraction of sp³-hybridized carbons (Fsp3) is 0.714. The van der Waals surface area contributed by atoms with Gasteiger partial charge in [-0.25, -0.2) is 0 Å².